The average molecular weight is 250 g/mol. The van der Waals surface area contributed by atoms with E-state index in [0.717, 1.165) is 12.6 Å². The molecule has 1 aliphatic heterocycles. The van der Waals surface area contributed by atoms with Crippen molar-refractivity contribution in [3.63, 3.8) is 0 Å². The molecule has 96 valence electrons. The molecule has 1 atom stereocenters. The molecule has 0 aliphatic carbocycles. The minimum absolute atomic E-state index is 0.0740. The monoisotopic (exact) mass is 250 g/mol. The lowest BCUT2D eigenvalue weighted by atomic mass is 10.0. The predicted molar refractivity (Wildman–Crippen MR) is 65.0 cm³/mol. The molecule has 0 aromatic carbocycles. The van der Waals surface area contributed by atoms with E-state index < -0.39 is 11.5 Å². The first-order valence-corrected chi connectivity index (χ1v) is 5.64. The lowest BCUT2D eigenvalue weighted by Gasteiger charge is -2.25. The molecule has 2 heterocycles. The summed E-state index contributed by atoms with van der Waals surface area (Å²) in [6.07, 6.45) is 2.54. The molecule has 7 heteroatoms. The Hall–Kier alpha value is -2.18. The van der Waals surface area contributed by atoms with Gasteiger partial charge in [0.05, 0.1) is 0 Å². The maximum Gasteiger partial charge on any atom is 0.342 e. The molecule has 7 nitrogen and oxygen atoms in total. The van der Waals surface area contributed by atoms with Crippen LogP contribution in [0.25, 0.3) is 0 Å². The Morgan fingerprint density at radius 1 is 1.67 bits per heavy atom. The molecular weight excluding hydrogens is 236 g/mol. The van der Waals surface area contributed by atoms with Crippen LogP contribution in [0.15, 0.2) is 16.1 Å². The third kappa shape index (κ3) is 1.87. The standard InChI is InChI=1S/C11H14N4O3/c1-6-3-4-8(14-12-2)9-13-5-7(11(17)18)10(16)15(6)9/h5-6,12H,3-4H2,1-2H3,(H,17,18)/b14-8+. The van der Waals surface area contributed by atoms with Gasteiger partial charge in [-0.1, -0.05) is 0 Å². The van der Waals surface area contributed by atoms with Gasteiger partial charge in [0.25, 0.3) is 5.56 Å². The summed E-state index contributed by atoms with van der Waals surface area (Å²) >= 11 is 0. The van der Waals surface area contributed by atoms with Gasteiger partial charge < -0.3 is 10.5 Å². The van der Waals surface area contributed by atoms with Crippen LogP contribution in [-0.2, 0) is 0 Å². The first-order chi connectivity index (χ1) is 8.56. The third-order valence-corrected chi connectivity index (χ3v) is 2.97. The molecule has 1 aromatic heterocycles. The van der Waals surface area contributed by atoms with Gasteiger partial charge in [-0.25, -0.2) is 9.78 Å². The van der Waals surface area contributed by atoms with Crippen LogP contribution in [0.2, 0.25) is 0 Å². The summed E-state index contributed by atoms with van der Waals surface area (Å²) < 4.78 is 1.41. The van der Waals surface area contributed by atoms with Crippen LogP contribution >= 0.6 is 0 Å². The van der Waals surface area contributed by atoms with Gasteiger partial charge >= 0.3 is 5.97 Å². The molecule has 0 amide bonds. The number of carbonyl (C=O) groups is 1. The topological polar surface area (TPSA) is 96.6 Å². The molecule has 0 bridgehead atoms. The Morgan fingerprint density at radius 2 is 2.39 bits per heavy atom. The minimum atomic E-state index is -1.26. The van der Waals surface area contributed by atoms with Crippen molar-refractivity contribution in [1.82, 2.24) is 15.0 Å². The number of hydrazone groups is 1. The summed E-state index contributed by atoms with van der Waals surface area (Å²) in [5.74, 6) is -0.814. The first kappa shape index (κ1) is 12.3. The first-order valence-electron chi connectivity index (χ1n) is 5.64. The Kier molecular flexibility index (Phi) is 3.14. The summed E-state index contributed by atoms with van der Waals surface area (Å²) in [4.78, 5) is 27.1. The second kappa shape index (κ2) is 4.59. The number of fused-ring (bicyclic) bond motifs is 1. The van der Waals surface area contributed by atoms with Crippen molar-refractivity contribution < 1.29 is 9.90 Å². The summed E-state index contributed by atoms with van der Waals surface area (Å²) in [6.45, 7) is 1.87. The number of hydrogen-bond acceptors (Lipinski definition) is 5. The molecule has 0 fully saturated rings. The van der Waals surface area contributed by atoms with Gasteiger partial charge in [0, 0.05) is 19.3 Å². The van der Waals surface area contributed by atoms with Crippen molar-refractivity contribution in [3.05, 3.63) is 27.9 Å². The fraction of sp³-hybridized carbons (Fsp3) is 0.455. The van der Waals surface area contributed by atoms with E-state index in [1.54, 1.807) is 7.05 Å². The van der Waals surface area contributed by atoms with Crippen LogP contribution < -0.4 is 11.0 Å². The molecule has 1 unspecified atom stereocenters. The number of aromatic carboxylic acids is 1. The fourth-order valence-corrected chi connectivity index (χ4v) is 2.07. The van der Waals surface area contributed by atoms with Crippen molar-refractivity contribution in [1.29, 1.82) is 0 Å². The van der Waals surface area contributed by atoms with E-state index in [9.17, 15) is 9.59 Å². The van der Waals surface area contributed by atoms with Crippen LogP contribution in [0.3, 0.4) is 0 Å². The van der Waals surface area contributed by atoms with Gasteiger partial charge in [-0.3, -0.25) is 9.36 Å². The van der Waals surface area contributed by atoms with Crippen molar-refractivity contribution >= 4 is 11.7 Å². The van der Waals surface area contributed by atoms with Crippen molar-refractivity contribution in [3.8, 4) is 0 Å². The highest BCUT2D eigenvalue weighted by Crippen LogP contribution is 2.21. The number of aromatic nitrogens is 2. The summed E-state index contributed by atoms with van der Waals surface area (Å²) in [6, 6.07) is -0.0740. The summed E-state index contributed by atoms with van der Waals surface area (Å²) in [7, 11) is 1.67. The molecule has 0 radical (unpaired) electrons. The second-order valence-electron chi connectivity index (χ2n) is 4.15. The van der Waals surface area contributed by atoms with Crippen LogP contribution in [0.5, 0.6) is 0 Å². The Labute approximate surface area is 103 Å². The molecular formula is C11H14N4O3. The number of carboxylic acids is 1. The fourth-order valence-electron chi connectivity index (χ4n) is 2.07. The molecule has 1 aromatic rings. The molecule has 0 saturated heterocycles. The van der Waals surface area contributed by atoms with Crippen molar-refractivity contribution in [2.75, 3.05) is 7.05 Å². The lowest BCUT2D eigenvalue weighted by molar-refractivity contribution is 0.0693. The smallest absolute Gasteiger partial charge is 0.342 e. The van der Waals surface area contributed by atoms with E-state index in [4.69, 9.17) is 5.11 Å². The number of nitrogens with zero attached hydrogens (tertiary/aromatic N) is 3. The van der Waals surface area contributed by atoms with Crippen LogP contribution in [0.4, 0.5) is 0 Å². The zero-order valence-corrected chi connectivity index (χ0v) is 10.2. The van der Waals surface area contributed by atoms with Gasteiger partial charge in [-0.2, -0.15) is 5.10 Å². The Morgan fingerprint density at radius 3 is 3.00 bits per heavy atom. The van der Waals surface area contributed by atoms with E-state index in [-0.39, 0.29) is 11.6 Å². The molecule has 2 rings (SSSR count). The number of rotatable bonds is 2. The second-order valence-corrected chi connectivity index (χ2v) is 4.15. The van der Waals surface area contributed by atoms with Gasteiger partial charge in [-0.05, 0) is 19.8 Å². The molecule has 0 saturated carbocycles. The highest BCUT2D eigenvalue weighted by atomic mass is 16.4. The van der Waals surface area contributed by atoms with Gasteiger partial charge in [0.15, 0.2) is 5.82 Å². The lowest BCUT2D eigenvalue weighted by Crippen LogP contribution is -2.37. The number of nitrogens with one attached hydrogen (secondary N) is 1. The largest absolute Gasteiger partial charge is 0.477 e. The normalized spacial score (nSPS) is 20.6. The molecule has 0 spiro atoms. The maximum atomic E-state index is 12.1. The van der Waals surface area contributed by atoms with E-state index >= 15 is 0 Å². The van der Waals surface area contributed by atoms with Gasteiger partial charge in [0.1, 0.15) is 11.3 Å². The predicted octanol–water partition coefficient (Wildman–Crippen LogP) is 0.220. The maximum absolute atomic E-state index is 12.1. The molecule has 18 heavy (non-hydrogen) atoms. The van der Waals surface area contributed by atoms with E-state index in [1.165, 1.54) is 4.57 Å². The molecule has 1 aliphatic rings. The van der Waals surface area contributed by atoms with Crippen molar-refractivity contribution in [2.24, 2.45) is 5.10 Å². The van der Waals surface area contributed by atoms with E-state index in [1.807, 2.05) is 6.92 Å². The highest BCUT2D eigenvalue weighted by Gasteiger charge is 2.26. The van der Waals surface area contributed by atoms with Crippen LogP contribution in [0, 0.1) is 0 Å². The van der Waals surface area contributed by atoms with Crippen LogP contribution in [0.1, 0.15) is 42.0 Å². The van der Waals surface area contributed by atoms with E-state index in [2.05, 4.69) is 15.5 Å². The SMILES string of the molecule is CN/N=C1\CCC(C)n2c1ncc(C(=O)O)c2=O. The highest BCUT2D eigenvalue weighted by molar-refractivity contribution is 5.98. The number of carboxylic acid groups (broad SMARTS) is 1. The van der Waals surface area contributed by atoms with Gasteiger partial charge in [0.2, 0.25) is 0 Å². The third-order valence-electron chi connectivity index (χ3n) is 2.97. The zero-order valence-electron chi connectivity index (χ0n) is 10.2. The van der Waals surface area contributed by atoms with Crippen molar-refractivity contribution in [2.45, 2.75) is 25.8 Å². The average Bonchev–Trinajstić information content (AvgIpc) is 2.32. The quantitative estimate of drug-likeness (QED) is 0.732. The zero-order chi connectivity index (χ0) is 13.3. The van der Waals surface area contributed by atoms with E-state index in [0.29, 0.717) is 18.0 Å². The molecule has 2 N–H and O–H groups in total. The Bertz CT molecular complexity index is 576. The summed E-state index contributed by atoms with van der Waals surface area (Å²) in [5.41, 5.74) is 2.50. The minimum Gasteiger partial charge on any atom is -0.477 e. The summed E-state index contributed by atoms with van der Waals surface area (Å²) in [5, 5.41) is 13.0. The number of hydrogen-bond donors (Lipinski definition) is 2. The van der Waals surface area contributed by atoms with Gasteiger partial charge in [-0.15, -0.1) is 0 Å². The van der Waals surface area contributed by atoms with Crippen LogP contribution in [-0.4, -0.2) is 33.4 Å². The Balaban J connectivity index is 2.68.